The number of rotatable bonds is 6. The van der Waals surface area contributed by atoms with E-state index in [4.69, 9.17) is 10.5 Å². The maximum absolute atomic E-state index is 5.86. The molecule has 2 aromatic heterocycles. The van der Waals surface area contributed by atoms with Gasteiger partial charge in [-0.05, 0) is 36.2 Å². The van der Waals surface area contributed by atoms with Gasteiger partial charge in [-0.1, -0.05) is 30.4 Å². The number of ether oxygens (including phenoxy) is 1. The Kier molecular flexibility index (Phi) is 5.99. The van der Waals surface area contributed by atoms with Gasteiger partial charge in [0.25, 0.3) is 0 Å². The Morgan fingerprint density at radius 1 is 1.14 bits per heavy atom. The zero-order valence-corrected chi connectivity index (χ0v) is 16.6. The van der Waals surface area contributed by atoms with Crippen molar-refractivity contribution in [2.45, 2.75) is 19.4 Å². The summed E-state index contributed by atoms with van der Waals surface area (Å²) in [7, 11) is 0. The molecule has 0 bridgehead atoms. The molecule has 4 rings (SSSR count). The number of hydrogen-bond acceptors (Lipinski definition) is 6. The van der Waals surface area contributed by atoms with E-state index in [1.807, 2.05) is 30.3 Å². The lowest BCUT2D eigenvalue weighted by Gasteiger charge is -2.17. The second kappa shape index (κ2) is 8.99. The number of nitrogens with zero attached hydrogens (tertiary/aromatic N) is 3. The van der Waals surface area contributed by atoms with Crippen LogP contribution >= 0.6 is 11.3 Å². The summed E-state index contributed by atoms with van der Waals surface area (Å²) in [6.07, 6.45) is 8.18. The molecule has 5 nitrogen and oxygen atoms in total. The SMILES string of the molecule is Nc1nc2c(s1)CCN(CC=Cc1cccc(OCc3ccccn3)c1)CC2. The van der Waals surface area contributed by atoms with Crippen LogP contribution in [0.1, 0.15) is 21.8 Å². The van der Waals surface area contributed by atoms with Gasteiger partial charge in [-0.3, -0.25) is 9.88 Å². The number of hydrogen-bond donors (Lipinski definition) is 1. The zero-order valence-electron chi connectivity index (χ0n) is 15.8. The fourth-order valence-corrected chi connectivity index (χ4v) is 4.17. The monoisotopic (exact) mass is 392 g/mol. The molecule has 144 valence electrons. The van der Waals surface area contributed by atoms with Gasteiger partial charge < -0.3 is 10.5 Å². The Hall–Kier alpha value is -2.70. The van der Waals surface area contributed by atoms with E-state index in [0.717, 1.165) is 49.5 Å². The van der Waals surface area contributed by atoms with Crippen molar-refractivity contribution in [3.05, 3.63) is 76.6 Å². The Balaban J connectivity index is 1.29. The van der Waals surface area contributed by atoms with Gasteiger partial charge in [0, 0.05) is 37.1 Å². The van der Waals surface area contributed by atoms with E-state index < -0.39 is 0 Å². The topological polar surface area (TPSA) is 64.3 Å². The third-order valence-corrected chi connectivity index (χ3v) is 5.75. The summed E-state index contributed by atoms with van der Waals surface area (Å²) in [6, 6.07) is 14.0. The summed E-state index contributed by atoms with van der Waals surface area (Å²) < 4.78 is 5.86. The highest BCUT2D eigenvalue weighted by atomic mass is 32.1. The van der Waals surface area contributed by atoms with E-state index >= 15 is 0 Å². The molecule has 28 heavy (non-hydrogen) atoms. The first-order valence-electron chi connectivity index (χ1n) is 9.52. The van der Waals surface area contributed by atoms with E-state index in [1.165, 1.54) is 10.6 Å². The molecule has 0 radical (unpaired) electrons. The predicted octanol–water partition coefficient (Wildman–Crippen LogP) is 3.81. The minimum atomic E-state index is 0.477. The fourth-order valence-electron chi connectivity index (χ4n) is 3.30. The van der Waals surface area contributed by atoms with Crippen LogP contribution in [0.4, 0.5) is 5.13 Å². The third-order valence-electron chi connectivity index (χ3n) is 4.76. The van der Waals surface area contributed by atoms with Crippen LogP contribution in [-0.2, 0) is 19.4 Å². The van der Waals surface area contributed by atoms with Gasteiger partial charge in [-0.15, -0.1) is 11.3 Å². The minimum Gasteiger partial charge on any atom is -0.487 e. The smallest absolute Gasteiger partial charge is 0.180 e. The van der Waals surface area contributed by atoms with E-state index in [-0.39, 0.29) is 0 Å². The van der Waals surface area contributed by atoms with Gasteiger partial charge in [0.15, 0.2) is 5.13 Å². The first kappa shape index (κ1) is 18.7. The molecule has 0 aliphatic carbocycles. The van der Waals surface area contributed by atoms with Crippen LogP contribution in [-0.4, -0.2) is 34.5 Å². The highest BCUT2D eigenvalue weighted by molar-refractivity contribution is 7.15. The van der Waals surface area contributed by atoms with E-state index in [9.17, 15) is 0 Å². The Morgan fingerprint density at radius 3 is 2.96 bits per heavy atom. The third kappa shape index (κ3) is 4.97. The van der Waals surface area contributed by atoms with E-state index in [2.05, 4.69) is 39.2 Å². The van der Waals surface area contributed by atoms with Crippen LogP contribution in [0.3, 0.4) is 0 Å². The number of thiazole rings is 1. The largest absolute Gasteiger partial charge is 0.487 e. The molecule has 1 aliphatic rings. The summed E-state index contributed by atoms with van der Waals surface area (Å²) in [4.78, 5) is 12.6. The van der Waals surface area contributed by atoms with Crippen molar-refractivity contribution in [1.82, 2.24) is 14.9 Å². The number of pyridine rings is 1. The second-order valence-corrected chi connectivity index (χ2v) is 7.92. The van der Waals surface area contributed by atoms with E-state index in [1.54, 1.807) is 17.5 Å². The standard InChI is InChI=1S/C22H24N4OS/c23-22-25-20-9-13-26(14-10-21(20)28-22)12-4-6-17-5-3-8-19(15-17)27-16-18-7-1-2-11-24-18/h1-8,11,15H,9-10,12-14,16H2,(H2,23,25). The maximum Gasteiger partial charge on any atom is 0.180 e. The van der Waals surface area contributed by atoms with Crippen molar-refractivity contribution in [2.75, 3.05) is 25.4 Å². The minimum absolute atomic E-state index is 0.477. The normalized spacial score (nSPS) is 14.7. The van der Waals surface area contributed by atoms with Crippen LogP contribution in [0.25, 0.3) is 6.08 Å². The van der Waals surface area contributed by atoms with Crippen molar-refractivity contribution in [3.8, 4) is 5.75 Å². The number of aromatic nitrogens is 2. The van der Waals surface area contributed by atoms with Gasteiger partial charge >= 0.3 is 0 Å². The highest BCUT2D eigenvalue weighted by Crippen LogP contribution is 2.24. The lowest BCUT2D eigenvalue weighted by Crippen LogP contribution is -2.26. The summed E-state index contributed by atoms with van der Waals surface area (Å²) in [5, 5.41) is 0.698. The Bertz CT molecular complexity index is 913. The van der Waals surface area contributed by atoms with Gasteiger partial charge in [0.2, 0.25) is 0 Å². The van der Waals surface area contributed by atoms with Gasteiger partial charge in [0.1, 0.15) is 12.4 Å². The van der Waals surface area contributed by atoms with Crippen LogP contribution in [0.15, 0.2) is 54.7 Å². The van der Waals surface area contributed by atoms with Crippen molar-refractivity contribution in [2.24, 2.45) is 0 Å². The average Bonchev–Trinajstić information content (AvgIpc) is 2.98. The number of fused-ring (bicyclic) bond motifs is 1. The molecule has 3 aromatic rings. The highest BCUT2D eigenvalue weighted by Gasteiger charge is 2.16. The molecular formula is C22H24N4OS. The van der Waals surface area contributed by atoms with Crippen molar-refractivity contribution in [1.29, 1.82) is 0 Å². The van der Waals surface area contributed by atoms with E-state index in [0.29, 0.717) is 11.7 Å². The van der Waals surface area contributed by atoms with Crippen LogP contribution in [0.2, 0.25) is 0 Å². The first-order valence-corrected chi connectivity index (χ1v) is 10.3. The molecule has 0 fully saturated rings. The summed E-state index contributed by atoms with van der Waals surface area (Å²) in [6.45, 7) is 3.48. The number of anilines is 1. The number of nitrogens with two attached hydrogens (primary N) is 1. The first-order chi connectivity index (χ1) is 13.8. The van der Waals surface area contributed by atoms with Gasteiger partial charge in [-0.25, -0.2) is 4.98 Å². The van der Waals surface area contributed by atoms with Crippen LogP contribution < -0.4 is 10.5 Å². The van der Waals surface area contributed by atoms with Crippen molar-refractivity contribution in [3.63, 3.8) is 0 Å². The van der Waals surface area contributed by atoms with Crippen LogP contribution in [0, 0.1) is 0 Å². The molecule has 0 saturated heterocycles. The molecule has 3 heterocycles. The van der Waals surface area contributed by atoms with Crippen molar-refractivity contribution >= 4 is 22.5 Å². The fraction of sp³-hybridized carbons (Fsp3) is 0.273. The van der Waals surface area contributed by atoms with Crippen LogP contribution in [0.5, 0.6) is 5.75 Å². The predicted molar refractivity (Wildman–Crippen MR) is 114 cm³/mol. The molecule has 0 unspecified atom stereocenters. The molecule has 2 N–H and O–H groups in total. The molecule has 1 aliphatic heterocycles. The summed E-state index contributed by atoms with van der Waals surface area (Å²) >= 11 is 1.63. The zero-order chi connectivity index (χ0) is 19.2. The lowest BCUT2D eigenvalue weighted by atomic mass is 10.2. The molecule has 0 atom stereocenters. The summed E-state index contributed by atoms with van der Waals surface area (Å²) in [5.74, 6) is 0.857. The Labute approximate surface area is 169 Å². The molecule has 1 aromatic carbocycles. The summed E-state index contributed by atoms with van der Waals surface area (Å²) in [5.41, 5.74) is 9.08. The quantitative estimate of drug-likeness (QED) is 0.691. The molecule has 0 saturated carbocycles. The molecule has 6 heteroatoms. The lowest BCUT2D eigenvalue weighted by molar-refractivity contribution is 0.301. The molecule has 0 spiro atoms. The van der Waals surface area contributed by atoms with Gasteiger partial charge in [-0.2, -0.15) is 0 Å². The maximum atomic E-state index is 5.86. The number of nitrogen functional groups attached to an aromatic ring is 1. The second-order valence-electron chi connectivity index (χ2n) is 6.81. The molecular weight excluding hydrogens is 368 g/mol. The average molecular weight is 393 g/mol. The van der Waals surface area contributed by atoms with Crippen molar-refractivity contribution < 1.29 is 4.74 Å². The number of benzene rings is 1. The molecule has 0 amide bonds. The van der Waals surface area contributed by atoms with Gasteiger partial charge in [0.05, 0.1) is 11.4 Å². The Morgan fingerprint density at radius 2 is 2.07 bits per heavy atom.